The van der Waals surface area contributed by atoms with Crippen LogP contribution in [0.1, 0.15) is 38.3 Å². The minimum atomic E-state index is 0. The maximum Gasteiger partial charge on any atom is 0.234 e. The number of thioether (sulfide) groups is 1. The summed E-state index contributed by atoms with van der Waals surface area (Å²) in [6.45, 7) is 7.83. The van der Waals surface area contributed by atoms with Crippen LogP contribution in [0.3, 0.4) is 0 Å². The van der Waals surface area contributed by atoms with Crippen molar-refractivity contribution in [3.63, 3.8) is 0 Å². The molecule has 6 heteroatoms. The van der Waals surface area contributed by atoms with Crippen molar-refractivity contribution in [3.8, 4) is 0 Å². The molecule has 1 unspecified atom stereocenters. The lowest BCUT2D eigenvalue weighted by atomic mass is 10.1. The fourth-order valence-corrected chi connectivity index (χ4v) is 3.52. The number of amides is 1. The summed E-state index contributed by atoms with van der Waals surface area (Å²) in [6, 6.07) is 8.58. The smallest absolute Gasteiger partial charge is 0.234 e. The van der Waals surface area contributed by atoms with Crippen LogP contribution < -0.4 is 5.32 Å². The largest absolute Gasteiger partial charge is 0.379 e. The van der Waals surface area contributed by atoms with Gasteiger partial charge in [0.2, 0.25) is 5.91 Å². The molecule has 2 rings (SSSR count). The highest BCUT2D eigenvalue weighted by molar-refractivity contribution is 7.99. The number of nitrogens with one attached hydrogen (secondary N) is 1. The molecule has 1 heterocycles. The van der Waals surface area contributed by atoms with Crippen molar-refractivity contribution in [1.29, 1.82) is 0 Å². The molecule has 1 aliphatic heterocycles. The molecule has 1 aromatic carbocycles. The van der Waals surface area contributed by atoms with Crippen molar-refractivity contribution in [2.45, 2.75) is 37.6 Å². The molecule has 4 nitrogen and oxygen atoms in total. The van der Waals surface area contributed by atoms with Gasteiger partial charge in [0.25, 0.3) is 0 Å². The minimum Gasteiger partial charge on any atom is -0.379 e. The van der Waals surface area contributed by atoms with E-state index in [1.165, 1.54) is 23.5 Å². The van der Waals surface area contributed by atoms with Crippen molar-refractivity contribution in [3.05, 3.63) is 29.8 Å². The lowest BCUT2D eigenvalue weighted by Crippen LogP contribution is -2.43. The van der Waals surface area contributed by atoms with Crippen LogP contribution in [0, 0.1) is 0 Å². The van der Waals surface area contributed by atoms with Crippen LogP contribution in [-0.4, -0.2) is 49.4 Å². The van der Waals surface area contributed by atoms with Crippen LogP contribution in [-0.2, 0) is 9.53 Å². The molecule has 0 aromatic heterocycles. The molecule has 1 N–H and O–H groups in total. The van der Waals surface area contributed by atoms with Crippen LogP contribution in [0.25, 0.3) is 0 Å². The van der Waals surface area contributed by atoms with Crippen LogP contribution in [0.5, 0.6) is 0 Å². The molecule has 1 saturated heterocycles. The zero-order valence-electron chi connectivity index (χ0n) is 14.6. The average molecular weight is 373 g/mol. The summed E-state index contributed by atoms with van der Waals surface area (Å²) in [5.74, 6) is 1.25. The molecular formula is C18H29ClN2O2S. The van der Waals surface area contributed by atoms with E-state index in [0.717, 1.165) is 31.9 Å². The predicted molar refractivity (Wildman–Crippen MR) is 103 cm³/mol. The van der Waals surface area contributed by atoms with Gasteiger partial charge < -0.3 is 10.1 Å². The zero-order chi connectivity index (χ0) is 16.5. The minimum absolute atomic E-state index is 0. The van der Waals surface area contributed by atoms with Crippen molar-refractivity contribution in [2.24, 2.45) is 0 Å². The third-order valence-corrected chi connectivity index (χ3v) is 5.09. The molecule has 0 radical (unpaired) electrons. The van der Waals surface area contributed by atoms with Gasteiger partial charge in [0.15, 0.2) is 0 Å². The fourth-order valence-electron chi connectivity index (χ4n) is 2.52. The molecule has 1 aromatic rings. The molecule has 0 spiro atoms. The quantitative estimate of drug-likeness (QED) is 0.560. The maximum atomic E-state index is 12.1. The van der Waals surface area contributed by atoms with Crippen molar-refractivity contribution in [1.82, 2.24) is 10.2 Å². The number of carbonyl (C=O) groups is 1. The molecule has 0 aliphatic carbocycles. The standard InChI is InChI=1S/C18H28N2O2S.ClH/c1-3-4-13-23-17-7-5-16(6-8-17)15(2)19-18(21)14-20-9-11-22-12-10-20;/h5-8,15H,3-4,9-14H2,1-2H3,(H,19,21);1H. The lowest BCUT2D eigenvalue weighted by molar-refractivity contribution is -0.123. The number of halogens is 1. The van der Waals surface area contributed by atoms with E-state index in [2.05, 4.69) is 41.4 Å². The number of ether oxygens (including phenoxy) is 1. The van der Waals surface area contributed by atoms with E-state index in [0.29, 0.717) is 6.54 Å². The van der Waals surface area contributed by atoms with E-state index in [1.54, 1.807) is 0 Å². The van der Waals surface area contributed by atoms with Gasteiger partial charge in [-0.25, -0.2) is 0 Å². The third kappa shape index (κ3) is 7.43. The zero-order valence-corrected chi connectivity index (χ0v) is 16.3. The van der Waals surface area contributed by atoms with E-state index in [4.69, 9.17) is 4.74 Å². The van der Waals surface area contributed by atoms with Crippen molar-refractivity contribution >= 4 is 30.1 Å². The molecule has 1 amide bonds. The Balaban J connectivity index is 0.00000288. The first kappa shape index (κ1) is 21.3. The summed E-state index contributed by atoms with van der Waals surface area (Å²) < 4.78 is 5.30. The summed E-state index contributed by atoms with van der Waals surface area (Å²) in [5.41, 5.74) is 1.15. The van der Waals surface area contributed by atoms with Crippen molar-refractivity contribution in [2.75, 3.05) is 38.6 Å². The van der Waals surface area contributed by atoms with Gasteiger partial charge in [-0.3, -0.25) is 9.69 Å². The Kier molecular flexibility index (Phi) is 10.4. The number of morpholine rings is 1. The fraction of sp³-hybridized carbons (Fsp3) is 0.611. The Bertz CT molecular complexity index is 478. The van der Waals surface area contributed by atoms with Gasteiger partial charge in [0.05, 0.1) is 25.8 Å². The normalized spacial score (nSPS) is 16.2. The summed E-state index contributed by atoms with van der Waals surface area (Å²) in [6.07, 6.45) is 2.48. The van der Waals surface area contributed by atoms with Gasteiger partial charge in [-0.05, 0) is 36.8 Å². The van der Waals surface area contributed by atoms with Crippen LogP contribution in [0.15, 0.2) is 29.2 Å². The van der Waals surface area contributed by atoms with Gasteiger partial charge in [0.1, 0.15) is 0 Å². The summed E-state index contributed by atoms with van der Waals surface area (Å²) in [5, 5.41) is 3.09. The summed E-state index contributed by atoms with van der Waals surface area (Å²) in [4.78, 5) is 15.6. The second-order valence-electron chi connectivity index (χ2n) is 5.95. The topological polar surface area (TPSA) is 41.6 Å². The van der Waals surface area contributed by atoms with E-state index in [1.807, 2.05) is 18.7 Å². The van der Waals surface area contributed by atoms with Gasteiger partial charge in [-0.1, -0.05) is 25.5 Å². The number of hydrogen-bond acceptors (Lipinski definition) is 4. The molecule has 1 aliphatic rings. The molecule has 136 valence electrons. The average Bonchev–Trinajstić information content (AvgIpc) is 2.56. The monoisotopic (exact) mass is 372 g/mol. The van der Waals surface area contributed by atoms with Crippen LogP contribution in [0.2, 0.25) is 0 Å². The van der Waals surface area contributed by atoms with E-state index >= 15 is 0 Å². The number of nitrogens with zero attached hydrogens (tertiary/aromatic N) is 1. The van der Waals surface area contributed by atoms with Crippen LogP contribution in [0.4, 0.5) is 0 Å². The van der Waals surface area contributed by atoms with E-state index in [9.17, 15) is 4.79 Å². The van der Waals surface area contributed by atoms with Gasteiger partial charge >= 0.3 is 0 Å². The second-order valence-corrected chi connectivity index (χ2v) is 7.12. The highest BCUT2D eigenvalue weighted by Gasteiger charge is 2.16. The number of benzene rings is 1. The van der Waals surface area contributed by atoms with Gasteiger partial charge in [-0.15, -0.1) is 24.2 Å². The number of carbonyl (C=O) groups excluding carboxylic acids is 1. The number of unbranched alkanes of at least 4 members (excludes halogenated alkanes) is 1. The highest BCUT2D eigenvalue weighted by atomic mass is 35.5. The molecule has 1 atom stereocenters. The number of rotatable bonds is 8. The van der Waals surface area contributed by atoms with Gasteiger partial charge in [-0.2, -0.15) is 0 Å². The lowest BCUT2D eigenvalue weighted by Gasteiger charge is -2.26. The molecule has 0 saturated carbocycles. The molecule has 24 heavy (non-hydrogen) atoms. The SMILES string of the molecule is CCCCSc1ccc(C(C)NC(=O)CN2CCOCC2)cc1.Cl. The Morgan fingerprint density at radius 2 is 1.96 bits per heavy atom. The highest BCUT2D eigenvalue weighted by Crippen LogP contribution is 2.22. The van der Waals surface area contributed by atoms with Crippen LogP contribution >= 0.6 is 24.2 Å². The maximum absolute atomic E-state index is 12.1. The first-order valence-electron chi connectivity index (χ1n) is 8.51. The Hall–Kier alpha value is -0.750. The predicted octanol–water partition coefficient (Wildman–Crippen LogP) is 3.51. The van der Waals surface area contributed by atoms with Crippen molar-refractivity contribution < 1.29 is 9.53 Å². The summed E-state index contributed by atoms with van der Waals surface area (Å²) >= 11 is 1.90. The Labute approximate surface area is 156 Å². The molecule has 0 bridgehead atoms. The molecule has 1 fully saturated rings. The Morgan fingerprint density at radius 1 is 1.29 bits per heavy atom. The van der Waals surface area contributed by atoms with Gasteiger partial charge in [0, 0.05) is 18.0 Å². The number of hydrogen-bond donors (Lipinski definition) is 1. The molecular weight excluding hydrogens is 344 g/mol. The second kappa shape index (κ2) is 11.7. The first-order valence-corrected chi connectivity index (χ1v) is 9.50. The van der Waals surface area contributed by atoms with E-state index in [-0.39, 0.29) is 24.4 Å². The van der Waals surface area contributed by atoms with E-state index < -0.39 is 0 Å². The first-order chi connectivity index (χ1) is 11.2. The third-order valence-electron chi connectivity index (χ3n) is 4.00. The Morgan fingerprint density at radius 3 is 2.58 bits per heavy atom. The summed E-state index contributed by atoms with van der Waals surface area (Å²) in [7, 11) is 0.